The maximum absolute atomic E-state index is 12.5. The Morgan fingerprint density at radius 2 is 2.00 bits per heavy atom. The van der Waals surface area contributed by atoms with Crippen molar-refractivity contribution < 1.29 is 14.3 Å². The Balaban J connectivity index is 1.56. The molecule has 0 unspecified atom stereocenters. The zero-order chi connectivity index (χ0) is 19.9. The Hall–Kier alpha value is -3.16. The van der Waals surface area contributed by atoms with E-state index in [1.807, 2.05) is 31.2 Å². The lowest BCUT2D eigenvalue weighted by molar-refractivity contribution is 0.0980. The molecule has 0 bridgehead atoms. The smallest absolute Gasteiger partial charge is 0.409 e. The third-order valence-electron chi connectivity index (χ3n) is 4.55. The molecular weight excluding hydrogens is 358 g/mol. The summed E-state index contributed by atoms with van der Waals surface area (Å²) < 4.78 is 5.03. The fourth-order valence-electron chi connectivity index (χ4n) is 3.11. The number of aromatic nitrogens is 2. The summed E-state index contributed by atoms with van der Waals surface area (Å²) in [5, 5.41) is 6.18. The number of nitrogens with one attached hydrogen (secondary N) is 2. The number of anilines is 2. The molecule has 0 saturated carbocycles. The van der Waals surface area contributed by atoms with Crippen LogP contribution in [0.4, 0.5) is 16.3 Å². The quantitative estimate of drug-likeness (QED) is 0.824. The third-order valence-corrected chi connectivity index (χ3v) is 4.55. The normalized spacial score (nSPS) is 14.4. The summed E-state index contributed by atoms with van der Waals surface area (Å²) in [6.07, 6.45) is 2.68. The van der Waals surface area contributed by atoms with Gasteiger partial charge in [-0.3, -0.25) is 4.79 Å². The molecule has 2 aromatic rings. The number of amides is 2. The Morgan fingerprint density at radius 3 is 2.71 bits per heavy atom. The zero-order valence-corrected chi connectivity index (χ0v) is 16.1. The van der Waals surface area contributed by atoms with Gasteiger partial charge >= 0.3 is 6.09 Å². The van der Waals surface area contributed by atoms with Gasteiger partial charge in [-0.25, -0.2) is 14.8 Å². The first-order valence-electron chi connectivity index (χ1n) is 9.43. The lowest BCUT2D eigenvalue weighted by atomic mass is 10.1. The molecule has 0 spiro atoms. The highest BCUT2D eigenvalue weighted by Gasteiger charge is 2.23. The molecule has 2 heterocycles. The molecule has 2 N–H and O–H groups in total. The van der Waals surface area contributed by atoms with Crippen molar-refractivity contribution in [1.29, 1.82) is 0 Å². The van der Waals surface area contributed by atoms with Crippen LogP contribution in [0.3, 0.4) is 0 Å². The highest BCUT2D eigenvalue weighted by Crippen LogP contribution is 2.17. The predicted octanol–water partition coefficient (Wildman–Crippen LogP) is 3.07. The van der Waals surface area contributed by atoms with E-state index in [2.05, 4.69) is 20.6 Å². The first-order chi connectivity index (χ1) is 13.5. The zero-order valence-electron chi connectivity index (χ0n) is 16.1. The molecule has 0 atom stereocenters. The second-order valence-corrected chi connectivity index (χ2v) is 6.72. The highest BCUT2D eigenvalue weighted by molar-refractivity contribution is 6.03. The van der Waals surface area contributed by atoms with E-state index in [0.29, 0.717) is 31.2 Å². The van der Waals surface area contributed by atoms with Crippen LogP contribution in [0.1, 0.15) is 35.8 Å². The predicted molar refractivity (Wildman–Crippen MR) is 106 cm³/mol. The molecular formula is C20H25N5O3. The topological polar surface area (TPSA) is 96.5 Å². The van der Waals surface area contributed by atoms with Gasteiger partial charge in [0.15, 0.2) is 0 Å². The largest absolute Gasteiger partial charge is 0.450 e. The summed E-state index contributed by atoms with van der Waals surface area (Å²) in [6.45, 7) is 5.40. The Bertz CT molecular complexity index is 834. The number of rotatable bonds is 5. The monoisotopic (exact) mass is 383 g/mol. The van der Waals surface area contributed by atoms with E-state index in [1.165, 1.54) is 6.33 Å². The Morgan fingerprint density at radius 1 is 1.21 bits per heavy atom. The lowest BCUT2D eigenvalue weighted by Crippen LogP contribution is -2.42. The lowest BCUT2D eigenvalue weighted by Gasteiger charge is -2.31. The number of hydrogen-bond acceptors (Lipinski definition) is 6. The number of benzene rings is 1. The van der Waals surface area contributed by atoms with E-state index in [0.717, 1.165) is 24.1 Å². The van der Waals surface area contributed by atoms with Crippen LogP contribution >= 0.6 is 0 Å². The molecule has 0 aliphatic carbocycles. The second-order valence-electron chi connectivity index (χ2n) is 6.72. The fraction of sp³-hybridized carbons (Fsp3) is 0.400. The fourth-order valence-corrected chi connectivity index (χ4v) is 3.11. The molecule has 148 valence electrons. The van der Waals surface area contributed by atoms with Crippen molar-refractivity contribution in [1.82, 2.24) is 14.9 Å². The van der Waals surface area contributed by atoms with Crippen molar-refractivity contribution in [2.75, 3.05) is 30.3 Å². The van der Waals surface area contributed by atoms with E-state index in [1.54, 1.807) is 17.9 Å². The van der Waals surface area contributed by atoms with Gasteiger partial charge in [-0.2, -0.15) is 0 Å². The summed E-state index contributed by atoms with van der Waals surface area (Å²) >= 11 is 0. The number of piperidine rings is 1. The minimum Gasteiger partial charge on any atom is -0.450 e. The van der Waals surface area contributed by atoms with Gasteiger partial charge in [-0.1, -0.05) is 12.1 Å². The van der Waals surface area contributed by atoms with Crippen molar-refractivity contribution in [3.63, 3.8) is 0 Å². The molecule has 2 amide bonds. The van der Waals surface area contributed by atoms with Gasteiger partial charge in [0, 0.05) is 30.9 Å². The Labute approximate surface area is 164 Å². The molecule has 8 heteroatoms. The van der Waals surface area contributed by atoms with E-state index in [-0.39, 0.29) is 18.0 Å². The second kappa shape index (κ2) is 9.16. The standard InChI is InChI=1S/C20H25N5O3/c1-3-28-20(27)25-9-7-15(8-10-25)23-18-12-17(21-13-22-18)19(26)24-16-6-4-5-14(2)11-16/h4-6,11-13,15H,3,7-10H2,1-2H3,(H,24,26)(H,21,22,23). The van der Waals surface area contributed by atoms with Gasteiger partial charge in [-0.05, 0) is 44.4 Å². The highest BCUT2D eigenvalue weighted by atomic mass is 16.6. The molecule has 1 aromatic carbocycles. The van der Waals surface area contributed by atoms with Crippen LogP contribution in [0.2, 0.25) is 0 Å². The minimum absolute atomic E-state index is 0.174. The van der Waals surface area contributed by atoms with Gasteiger partial charge in [0.2, 0.25) is 0 Å². The van der Waals surface area contributed by atoms with Crippen molar-refractivity contribution in [2.24, 2.45) is 0 Å². The van der Waals surface area contributed by atoms with Crippen LogP contribution in [0.25, 0.3) is 0 Å². The summed E-state index contributed by atoms with van der Waals surface area (Å²) in [7, 11) is 0. The van der Waals surface area contributed by atoms with Crippen LogP contribution in [0.15, 0.2) is 36.7 Å². The maximum atomic E-state index is 12.5. The Kier molecular flexibility index (Phi) is 6.41. The van der Waals surface area contributed by atoms with Crippen molar-refractivity contribution >= 4 is 23.5 Å². The van der Waals surface area contributed by atoms with Gasteiger partial charge in [0.25, 0.3) is 5.91 Å². The van der Waals surface area contributed by atoms with Crippen molar-refractivity contribution in [3.05, 3.63) is 47.9 Å². The average molecular weight is 383 g/mol. The van der Waals surface area contributed by atoms with E-state index in [9.17, 15) is 9.59 Å². The van der Waals surface area contributed by atoms with Crippen LogP contribution < -0.4 is 10.6 Å². The molecule has 1 aliphatic rings. The van der Waals surface area contributed by atoms with Gasteiger partial charge < -0.3 is 20.3 Å². The first-order valence-corrected chi connectivity index (χ1v) is 9.43. The average Bonchev–Trinajstić information content (AvgIpc) is 2.69. The number of carbonyl (C=O) groups is 2. The molecule has 28 heavy (non-hydrogen) atoms. The van der Waals surface area contributed by atoms with E-state index < -0.39 is 0 Å². The van der Waals surface area contributed by atoms with Crippen LogP contribution in [0.5, 0.6) is 0 Å². The first kappa shape index (κ1) is 19.6. The summed E-state index contributed by atoms with van der Waals surface area (Å²) in [6, 6.07) is 9.41. The number of aryl methyl sites for hydroxylation is 1. The minimum atomic E-state index is -0.284. The molecule has 8 nitrogen and oxygen atoms in total. The maximum Gasteiger partial charge on any atom is 0.409 e. The number of carbonyl (C=O) groups excluding carboxylic acids is 2. The number of hydrogen-bond donors (Lipinski definition) is 2. The van der Waals surface area contributed by atoms with E-state index >= 15 is 0 Å². The van der Waals surface area contributed by atoms with Crippen LogP contribution in [-0.2, 0) is 4.74 Å². The van der Waals surface area contributed by atoms with Gasteiger partial charge in [0.05, 0.1) is 6.61 Å². The van der Waals surface area contributed by atoms with Gasteiger partial charge in [0.1, 0.15) is 17.8 Å². The molecule has 1 aliphatic heterocycles. The van der Waals surface area contributed by atoms with Crippen LogP contribution in [-0.4, -0.2) is 52.6 Å². The summed E-state index contributed by atoms with van der Waals surface area (Å²) in [5.74, 6) is 0.312. The number of nitrogens with zero attached hydrogens (tertiary/aromatic N) is 3. The molecule has 1 saturated heterocycles. The number of ether oxygens (including phenoxy) is 1. The SMILES string of the molecule is CCOC(=O)N1CCC(Nc2cc(C(=O)Nc3cccc(C)c3)ncn2)CC1. The van der Waals surface area contributed by atoms with Crippen molar-refractivity contribution in [2.45, 2.75) is 32.7 Å². The summed E-state index contributed by atoms with van der Waals surface area (Å²) in [4.78, 5) is 34.2. The number of likely N-dealkylation sites (tertiary alicyclic amines) is 1. The molecule has 1 aromatic heterocycles. The van der Waals surface area contributed by atoms with Gasteiger partial charge in [-0.15, -0.1) is 0 Å². The molecule has 1 fully saturated rings. The summed E-state index contributed by atoms with van der Waals surface area (Å²) in [5.41, 5.74) is 2.09. The van der Waals surface area contributed by atoms with Crippen LogP contribution in [0, 0.1) is 6.92 Å². The van der Waals surface area contributed by atoms with E-state index in [4.69, 9.17) is 4.74 Å². The van der Waals surface area contributed by atoms with Crippen molar-refractivity contribution in [3.8, 4) is 0 Å². The third kappa shape index (κ3) is 5.18. The molecule has 3 rings (SSSR count). The molecule has 0 radical (unpaired) electrons.